The van der Waals surface area contributed by atoms with Gasteiger partial charge in [0, 0.05) is 37.7 Å². The summed E-state index contributed by atoms with van der Waals surface area (Å²) < 4.78 is 19.6. The van der Waals surface area contributed by atoms with Crippen molar-refractivity contribution in [1.29, 1.82) is 0 Å². The number of carbonyl (C=O) groups excluding carboxylic acids is 1. The Hall–Kier alpha value is -2.92. The molecule has 4 nitrogen and oxygen atoms in total. The van der Waals surface area contributed by atoms with Gasteiger partial charge in [0.1, 0.15) is 17.3 Å². The molecule has 1 aliphatic rings. The van der Waals surface area contributed by atoms with Crippen LogP contribution in [0, 0.1) is 31.5 Å². The normalized spacial score (nSPS) is 18.5. The predicted molar refractivity (Wildman–Crippen MR) is 133 cm³/mol. The summed E-state index contributed by atoms with van der Waals surface area (Å²) in [7, 11) is 0. The van der Waals surface area contributed by atoms with E-state index in [1.165, 1.54) is 12.1 Å². The van der Waals surface area contributed by atoms with Crippen LogP contribution < -0.4 is 0 Å². The van der Waals surface area contributed by atoms with Gasteiger partial charge in [0.2, 0.25) is 0 Å². The van der Waals surface area contributed by atoms with Crippen molar-refractivity contribution in [3.05, 3.63) is 94.7 Å². The average Bonchev–Trinajstić information content (AvgIpc) is 3.35. The van der Waals surface area contributed by atoms with Crippen molar-refractivity contribution in [2.24, 2.45) is 11.8 Å². The van der Waals surface area contributed by atoms with Gasteiger partial charge in [-0.05, 0) is 67.1 Å². The molecule has 0 spiro atoms. The lowest BCUT2D eigenvalue weighted by molar-refractivity contribution is 0.0703. The van der Waals surface area contributed by atoms with Crippen LogP contribution in [0.4, 0.5) is 4.39 Å². The molecule has 0 bridgehead atoms. The van der Waals surface area contributed by atoms with Gasteiger partial charge in [0.25, 0.3) is 5.91 Å². The highest BCUT2D eigenvalue weighted by molar-refractivity contribution is 5.94. The lowest BCUT2D eigenvalue weighted by atomic mass is 9.88. The Morgan fingerprint density at radius 1 is 1.09 bits per heavy atom. The van der Waals surface area contributed by atoms with Crippen LogP contribution in [0.15, 0.2) is 65.1 Å². The van der Waals surface area contributed by atoms with Crippen LogP contribution >= 0.6 is 0 Å². The number of amides is 1. The minimum Gasteiger partial charge on any atom is -0.465 e. The molecule has 0 N–H and O–H groups in total. The zero-order valence-electron chi connectivity index (χ0n) is 20.6. The van der Waals surface area contributed by atoms with Gasteiger partial charge in [0.15, 0.2) is 0 Å². The number of nitrogens with zero attached hydrogens (tertiary/aromatic N) is 2. The molecule has 1 fully saturated rings. The van der Waals surface area contributed by atoms with Crippen molar-refractivity contribution in [3.8, 4) is 0 Å². The molecule has 1 aromatic heterocycles. The second-order valence-electron chi connectivity index (χ2n) is 10.0. The summed E-state index contributed by atoms with van der Waals surface area (Å²) in [5.41, 5.74) is 3.01. The van der Waals surface area contributed by atoms with Crippen LogP contribution in [0.1, 0.15) is 52.8 Å². The van der Waals surface area contributed by atoms with Crippen LogP contribution in [-0.4, -0.2) is 41.9 Å². The number of likely N-dealkylation sites (tertiary alicyclic amines) is 1. The molecule has 0 aliphatic carbocycles. The van der Waals surface area contributed by atoms with Crippen LogP contribution in [0.3, 0.4) is 0 Å². The van der Waals surface area contributed by atoms with Gasteiger partial charge >= 0.3 is 0 Å². The van der Waals surface area contributed by atoms with Gasteiger partial charge in [0.05, 0.1) is 6.54 Å². The van der Waals surface area contributed by atoms with Crippen LogP contribution in [-0.2, 0) is 6.54 Å². The van der Waals surface area contributed by atoms with Crippen LogP contribution in [0.5, 0.6) is 0 Å². The van der Waals surface area contributed by atoms with Crippen molar-refractivity contribution >= 4 is 5.91 Å². The fourth-order valence-electron chi connectivity index (χ4n) is 5.04. The van der Waals surface area contributed by atoms with Crippen molar-refractivity contribution in [3.63, 3.8) is 0 Å². The maximum atomic E-state index is 13.6. The summed E-state index contributed by atoms with van der Waals surface area (Å²) in [5, 5.41) is 0. The lowest BCUT2D eigenvalue weighted by Gasteiger charge is -2.30. The minimum absolute atomic E-state index is 0.0721. The second kappa shape index (κ2) is 10.6. The van der Waals surface area contributed by atoms with E-state index >= 15 is 0 Å². The molecule has 4 rings (SSSR count). The molecule has 5 heteroatoms. The summed E-state index contributed by atoms with van der Waals surface area (Å²) >= 11 is 0. The lowest BCUT2D eigenvalue weighted by Crippen LogP contribution is -2.39. The smallest absolute Gasteiger partial charge is 0.253 e. The van der Waals surface area contributed by atoms with Gasteiger partial charge < -0.3 is 9.32 Å². The molecule has 1 saturated heterocycles. The van der Waals surface area contributed by atoms with Gasteiger partial charge in [-0.15, -0.1) is 0 Å². The summed E-state index contributed by atoms with van der Waals surface area (Å²) in [6, 6.07) is 18.5. The monoisotopic (exact) mass is 462 g/mol. The van der Waals surface area contributed by atoms with Crippen LogP contribution in [0.2, 0.25) is 0 Å². The number of benzene rings is 2. The number of hydrogen-bond acceptors (Lipinski definition) is 3. The Kier molecular flexibility index (Phi) is 7.52. The van der Waals surface area contributed by atoms with E-state index in [1.54, 1.807) is 0 Å². The molecule has 3 aromatic rings. The van der Waals surface area contributed by atoms with Crippen molar-refractivity contribution in [2.45, 2.75) is 40.2 Å². The third kappa shape index (κ3) is 5.76. The number of furan rings is 1. The molecular weight excluding hydrogens is 427 g/mol. The summed E-state index contributed by atoms with van der Waals surface area (Å²) in [6.07, 6.45) is 0. The molecule has 0 unspecified atom stereocenters. The predicted octanol–water partition coefficient (Wildman–Crippen LogP) is 6.05. The van der Waals surface area contributed by atoms with Crippen molar-refractivity contribution in [2.75, 3.05) is 26.2 Å². The zero-order valence-corrected chi connectivity index (χ0v) is 20.6. The molecular formula is C29H35FN2O2. The van der Waals surface area contributed by atoms with E-state index in [4.69, 9.17) is 4.42 Å². The van der Waals surface area contributed by atoms with E-state index < -0.39 is 0 Å². The maximum Gasteiger partial charge on any atom is 0.253 e. The fourth-order valence-corrected chi connectivity index (χ4v) is 5.04. The number of aryl methyl sites for hydroxylation is 2. The molecule has 2 atom stereocenters. The summed E-state index contributed by atoms with van der Waals surface area (Å²) in [4.78, 5) is 17.8. The Morgan fingerprint density at radius 2 is 1.79 bits per heavy atom. The number of hydrogen-bond donors (Lipinski definition) is 0. The zero-order chi connectivity index (χ0) is 24.2. The van der Waals surface area contributed by atoms with Gasteiger partial charge in [-0.1, -0.05) is 44.2 Å². The summed E-state index contributed by atoms with van der Waals surface area (Å²) in [6.45, 7) is 12.2. The molecule has 2 aromatic carbocycles. The quantitative estimate of drug-likeness (QED) is 0.409. The van der Waals surface area contributed by atoms with Crippen molar-refractivity contribution < 1.29 is 13.6 Å². The highest BCUT2D eigenvalue weighted by Crippen LogP contribution is 2.35. The number of halogens is 1. The van der Waals surface area contributed by atoms with E-state index in [1.807, 2.05) is 54.3 Å². The maximum absolute atomic E-state index is 13.6. The van der Waals surface area contributed by atoms with Crippen LogP contribution in [0.25, 0.3) is 0 Å². The third-order valence-corrected chi connectivity index (χ3v) is 6.76. The SMILES string of the molecule is Cc1cc(CN2C[C@@H](CN(CC(C)C)C(=O)c3ccccc3)[C@@H](c3ccc(F)cc3)C2)oc1C. The Morgan fingerprint density at radius 3 is 2.41 bits per heavy atom. The average molecular weight is 463 g/mol. The minimum atomic E-state index is -0.225. The molecule has 34 heavy (non-hydrogen) atoms. The van der Waals surface area contributed by atoms with E-state index in [0.29, 0.717) is 19.0 Å². The van der Waals surface area contributed by atoms with E-state index in [2.05, 4.69) is 31.7 Å². The molecule has 1 amide bonds. The number of carbonyl (C=O) groups is 1. The van der Waals surface area contributed by atoms with E-state index in [9.17, 15) is 9.18 Å². The first-order valence-electron chi connectivity index (χ1n) is 12.2. The topological polar surface area (TPSA) is 36.7 Å². The highest BCUT2D eigenvalue weighted by Gasteiger charge is 2.36. The Bertz CT molecular complexity index is 1070. The van der Waals surface area contributed by atoms with Gasteiger partial charge in [-0.2, -0.15) is 0 Å². The van der Waals surface area contributed by atoms with E-state index in [-0.39, 0.29) is 23.6 Å². The van der Waals surface area contributed by atoms with Crippen molar-refractivity contribution in [1.82, 2.24) is 9.80 Å². The first-order chi connectivity index (χ1) is 16.3. The second-order valence-corrected chi connectivity index (χ2v) is 10.0. The fraction of sp³-hybridized carbons (Fsp3) is 0.414. The molecule has 0 radical (unpaired) electrons. The molecule has 2 heterocycles. The highest BCUT2D eigenvalue weighted by atomic mass is 19.1. The van der Waals surface area contributed by atoms with E-state index in [0.717, 1.165) is 47.8 Å². The first-order valence-corrected chi connectivity index (χ1v) is 12.2. The number of rotatable bonds is 8. The third-order valence-electron chi connectivity index (χ3n) is 6.76. The molecule has 180 valence electrons. The molecule has 0 saturated carbocycles. The largest absolute Gasteiger partial charge is 0.465 e. The van der Waals surface area contributed by atoms with Gasteiger partial charge in [-0.3, -0.25) is 9.69 Å². The van der Waals surface area contributed by atoms with Gasteiger partial charge in [-0.25, -0.2) is 4.39 Å². The first kappa shape index (κ1) is 24.2. The Labute approximate surface area is 202 Å². The molecule has 1 aliphatic heterocycles. The Balaban J connectivity index is 1.57. The summed E-state index contributed by atoms with van der Waals surface area (Å²) in [5.74, 6) is 2.60. The standard InChI is InChI=1S/C29H35FN2O2/c1-20(2)15-32(29(33)24-8-6-5-7-9-24)17-25-16-31(18-27-14-21(3)22(4)34-27)19-28(25)23-10-12-26(30)13-11-23/h5-14,20,25,28H,15-19H2,1-4H3/t25-,28+/m0/s1.